The smallest absolute Gasteiger partial charge is 0.257 e. The molecule has 0 radical (unpaired) electrons. The van der Waals surface area contributed by atoms with Crippen LogP contribution in [0.5, 0.6) is 17.4 Å². The molecule has 0 fully saturated rings. The van der Waals surface area contributed by atoms with Crippen LogP contribution in [0.25, 0.3) is 0 Å². The van der Waals surface area contributed by atoms with Crippen molar-refractivity contribution in [3.05, 3.63) is 59.4 Å². The Morgan fingerprint density at radius 3 is 2.32 bits per heavy atom. The van der Waals surface area contributed by atoms with Gasteiger partial charge in [0.05, 0.1) is 14.2 Å². The highest BCUT2D eigenvalue weighted by molar-refractivity contribution is 7.10. The number of hydrogen-bond donors (Lipinski definition) is 3. The van der Waals surface area contributed by atoms with Crippen LogP contribution in [0.3, 0.4) is 0 Å². The van der Waals surface area contributed by atoms with Crippen LogP contribution in [0.1, 0.15) is 35.3 Å². The first-order valence-corrected chi connectivity index (χ1v) is 11.2. The Morgan fingerprint density at radius 1 is 1.15 bits per heavy atom. The van der Waals surface area contributed by atoms with Gasteiger partial charge in [-0.1, -0.05) is 19.9 Å². The van der Waals surface area contributed by atoms with Gasteiger partial charge < -0.3 is 30.6 Å². The van der Waals surface area contributed by atoms with Crippen molar-refractivity contribution in [3.63, 3.8) is 0 Å². The first kappa shape index (κ1) is 28.2. The molecule has 1 aromatic carbocycles. The molecule has 0 aliphatic carbocycles. The highest BCUT2D eigenvalue weighted by Gasteiger charge is 2.19. The second-order valence-electron chi connectivity index (χ2n) is 6.18. The fourth-order valence-electron chi connectivity index (χ4n) is 2.53. The standard InChI is InChI=1S/C11H12N4O2S.C10H13NO3.C2H6/c1-13-11-8(9(12)16)10(15-18-11)17-6-7-3-2-4-14-5-7;1-13-9-3-8(6-11-7-12)4-10(5-9)14-2;1-2/h2-5,13H,6H2,1H3,(H2,12,16);3-5,7H,6H2,1-2H3,(H,11,12);1-2H3. The Labute approximate surface area is 203 Å². The van der Waals surface area contributed by atoms with Crippen molar-refractivity contribution in [3.8, 4) is 17.4 Å². The molecule has 4 N–H and O–H groups in total. The highest BCUT2D eigenvalue weighted by atomic mass is 32.1. The minimum Gasteiger partial charge on any atom is -0.497 e. The summed E-state index contributed by atoms with van der Waals surface area (Å²) in [5.41, 5.74) is 7.42. The minimum absolute atomic E-state index is 0.251. The molecule has 184 valence electrons. The Bertz CT molecular complexity index is 992. The summed E-state index contributed by atoms with van der Waals surface area (Å²) in [6.07, 6.45) is 4.03. The number of rotatable bonds is 10. The van der Waals surface area contributed by atoms with Gasteiger partial charge in [0, 0.05) is 37.6 Å². The molecule has 0 spiro atoms. The lowest BCUT2D eigenvalue weighted by atomic mass is 10.2. The maximum Gasteiger partial charge on any atom is 0.257 e. The lowest BCUT2D eigenvalue weighted by molar-refractivity contribution is -0.109. The first-order valence-electron chi connectivity index (χ1n) is 10.4. The molecule has 0 aliphatic rings. The number of pyridine rings is 1. The monoisotopic (exact) mass is 489 g/mol. The lowest BCUT2D eigenvalue weighted by Gasteiger charge is -2.07. The maximum absolute atomic E-state index is 11.3. The molecule has 11 heteroatoms. The summed E-state index contributed by atoms with van der Waals surface area (Å²) in [6.45, 7) is 4.76. The molecule has 2 aromatic heterocycles. The number of nitrogens with two attached hydrogens (primary N) is 1. The third kappa shape index (κ3) is 8.94. The minimum atomic E-state index is -0.561. The van der Waals surface area contributed by atoms with Gasteiger partial charge in [0.2, 0.25) is 12.3 Å². The van der Waals surface area contributed by atoms with Crippen molar-refractivity contribution in [1.82, 2.24) is 14.7 Å². The number of methoxy groups -OCH3 is 2. The molecule has 0 aliphatic heterocycles. The van der Waals surface area contributed by atoms with E-state index in [2.05, 4.69) is 20.0 Å². The predicted molar refractivity (Wildman–Crippen MR) is 133 cm³/mol. The van der Waals surface area contributed by atoms with E-state index in [-0.39, 0.29) is 11.4 Å². The predicted octanol–water partition coefficient (Wildman–Crippen LogP) is 3.23. The number of ether oxygens (including phenoxy) is 3. The van der Waals surface area contributed by atoms with Crippen molar-refractivity contribution < 1.29 is 23.8 Å². The fourth-order valence-corrected chi connectivity index (χ4v) is 3.21. The lowest BCUT2D eigenvalue weighted by Crippen LogP contribution is -2.13. The van der Waals surface area contributed by atoms with Crippen molar-refractivity contribution in [2.24, 2.45) is 5.73 Å². The van der Waals surface area contributed by atoms with Crippen LogP contribution in [0.2, 0.25) is 0 Å². The van der Waals surface area contributed by atoms with E-state index in [4.69, 9.17) is 19.9 Å². The van der Waals surface area contributed by atoms with Gasteiger partial charge in [0.25, 0.3) is 5.91 Å². The molecule has 0 unspecified atom stereocenters. The Hall–Kier alpha value is -3.86. The number of anilines is 1. The Balaban J connectivity index is 0.000000326. The normalized spacial score (nSPS) is 9.32. The summed E-state index contributed by atoms with van der Waals surface area (Å²) in [5, 5.41) is 6.03. The molecular weight excluding hydrogens is 458 g/mol. The molecule has 3 rings (SSSR count). The van der Waals surface area contributed by atoms with Gasteiger partial charge in [-0.25, -0.2) is 0 Å². The number of hydrogen-bond acceptors (Lipinski definition) is 9. The average Bonchev–Trinajstić information content (AvgIpc) is 3.31. The maximum atomic E-state index is 11.3. The van der Waals surface area contributed by atoms with E-state index in [1.54, 1.807) is 39.7 Å². The van der Waals surface area contributed by atoms with E-state index < -0.39 is 5.91 Å². The molecule has 0 bridgehead atoms. The van der Waals surface area contributed by atoms with Crippen molar-refractivity contribution in [1.29, 1.82) is 0 Å². The molecule has 3 aromatic rings. The van der Waals surface area contributed by atoms with Crippen LogP contribution in [0.4, 0.5) is 5.00 Å². The van der Waals surface area contributed by atoms with Crippen LogP contribution in [-0.2, 0) is 17.9 Å². The first-order chi connectivity index (χ1) is 16.5. The molecule has 0 saturated carbocycles. The zero-order valence-electron chi connectivity index (χ0n) is 20.0. The number of nitrogens with zero attached hydrogens (tertiary/aromatic N) is 2. The number of aromatic nitrogens is 2. The zero-order valence-corrected chi connectivity index (χ0v) is 20.8. The van der Waals surface area contributed by atoms with Crippen molar-refractivity contribution in [2.75, 3.05) is 26.6 Å². The van der Waals surface area contributed by atoms with Gasteiger partial charge in [-0.05, 0) is 35.3 Å². The molecule has 0 saturated heterocycles. The summed E-state index contributed by atoms with van der Waals surface area (Å²) < 4.78 is 19.7. The molecule has 2 amide bonds. The van der Waals surface area contributed by atoms with Gasteiger partial charge in [0.15, 0.2) is 0 Å². The topological polar surface area (TPSA) is 138 Å². The number of primary amides is 1. The summed E-state index contributed by atoms with van der Waals surface area (Å²) in [6, 6.07) is 9.17. The van der Waals surface area contributed by atoms with Crippen molar-refractivity contribution >= 4 is 28.9 Å². The second-order valence-corrected chi connectivity index (χ2v) is 6.95. The average molecular weight is 490 g/mol. The van der Waals surface area contributed by atoms with E-state index in [1.807, 2.05) is 38.1 Å². The van der Waals surface area contributed by atoms with Gasteiger partial charge >= 0.3 is 0 Å². The summed E-state index contributed by atoms with van der Waals surface area (Å²) in [4.78, 5) is 25.4. The zero-order chi connectivity index (χ0) is 25.3. The van der Waals surface area contributed by atoms with E-state index in [0.717, 1.165) is 22.7 Å². The third-order valence-corrected chi connectivity index (χ3v) is 4.88. The Morgan fingerprint density at radius 2 is 1.82 bits per heavy atom. The van der Waals surface area contributed by atoms with Gasteiger partial charge in [-0.3, -0.25) is 14.6 Å². The van der Waals surface area contributed by atoms with Crippen LogP contribution >= 0.6 is 11.5 Å². The number of amides is 2. The second kappa shape index (κ2) is 15.9. The van der Waals surface area contributed by atoms with Gasteiger partial charge in [0.1, 0.15) is 28.7 Å². The fraction of sp³-hybridized carbons (Fsp3) is 0.304. The largest absolute Gasteiger partial charge is 0.497 e. The number of carbonyl (C=O) groups is 2. The van der Waals surface area contributed by atoms with Crippen LogP contribution < -0.4 is 30.6 Å². The SMILES string of the molecule is CC.CNc1snc(OCc2cccnc2)c1C(N)=O.COc1cc(CNC=O)cc(OC)c1. The quantitative estimate of drug-likeness (QED) is 0.369. The van der Waals surface area contributed by atoms with E-state index in [0.29, 0.717) is 36.1 Å². The number of carbonyl (C=O) groups excluding carboxylic acids is 2. The van der Waals surface area contributed by atoms with E-state index >= 15 is 0 Å². The van der Waals surface area contributed by atoms with Gasteiger partial charge in [-0.15, -0.1) is 0 Å². The number of benzene rings is 1. The number of nitrogens with one attached hydrogen (secondary N) is 2. The molecule has 2 heterocycles. The van der Waals surface area contributed by atoms with E-state index in [1.165, 1.54) is 0 Å². The van der Waals surface area contributed by atoms with Crippen LogP contribution in [0.15, 0.2) is 42.7 Å². The summed E-state index contributed by atoms with van der Waals surface area (Å²) in [5.74, 6) is 1.12. The molecule has 0 atom stereocenters. The summed E-state index contributed by atoms with van der Waals surface area (Å²) >= 11 is 1.14. The highest BCUT2D eigenvalue weighted by Crippen LogP contribution is 2.30. The third-order valence-electron chi connectivity index (χ3n) is 4.03. The van der Waals surface area contributed by atoms with Gasteiger partial charge in [-0.2, -0.15) is 4.37 Å². The molecule has 34 heavy (non-hydrogen) atoms. The molecule has 10 nitrogen and oxygen atoms in total. The van der Waals surface area contributed by atoms with Crippen LogP contribution in [0, 0.1) is 0 Å². The van der Waals surface area contributed by atoms with E-state index in [9.17, 15) is 9.59 Å². The summed E-state index contributed by atoms with van der Waals surface area (Å²) in [7, 11) is 4.88. The van der Waals surface area contributed by atoms with Crippen LogP contribution in [-0.4, -0.2) is 42.9 Å². The van der Waals surface area contributed by atoms with Crippen molar-refractivity contribution in [2.45, 2.75) is 27.0 Å². The Kier molecular flexibility index (Phi) is 13.1. The molecular formula is C23H31N5O5S.